The van der Waals surface area contributed by atoms with Crippen molar-refractivity contribution in [3.05, 3.63) is 17.8 Å². The molecule has 0 spiro atoms. The molecule has 0 saturated carbocycles. The monoisotopic (exact) mass is 281 g/mol. The fourth-order valence-electron chi connectivity index (χ4n) is 1.36. The van der Waals surface area contributed by atoms with E-state index in [0.717, 1.165) is 6.54 Å². The van der Waals surface area contributed by atoms with Crippen LogP contribution in [-0.4, -0.2) is 48.7 Å². The lowest BCUT2D eigenvalue weighted by atomic mass is 10.2. The number of likely N-dealkylation sites (N-methyl/N-ethyl adjacent to an activating group) is 1. The maximum atomic E-state index is 11.9. The van der Waals surface area contributed by atoms with E-state index in [1.54, 1.807) is 20.8 Å². The molecule has 0 aliphatic carbocycles. The number of nitrogen functional groups attached to an aromatic ring is 1. The minimum absolute atomic E-state index is 0.317. The number of nitrogens with two attached hydrogens (primary N) is 1. The molecule has 0 unspecified atom stereocenters. The van der Waals surface area contributed by atoms with Gasteiger partial charge in [-0.1, -0.05) is 0 Å². The topological polar surface area (TPSA) is 77.7 Å². The lowest BCUT2D eigenvalue weighted by molar-refractivity contribution is 0.00691. The van der Waals surface area contributed by atoms with Gasteiger partial charge in [-0.3, -0.25) is 0 Å². The third-order valence-corrected chi connectivity index (χ3v) is 2.29. The second kappa shape index (κ2) is 6.56. The highest BCUT2D eigenvalue weighted by Gasteiger charge is 2.19. The van der Waals surface area contributed by atoms with Gasteiger partial charge in [0.05, 0.1) is 11.3 Å². The summed E-state index contributed by atoms with van der Waals surface area (Å²) in [6.45, 7) is 6.66. The Labute approximate surface area is 119 Å². The number of carbonyl (C=O) groups excluding carboxylic acids is 1. The Balaban J connectivity index is 2.70. The van der Waals surface area contributed by atoms with Crippen LogP contribution in [0.15, 0.2) is 12.3 Å². The SMILES string of the molecule is CN(C)CCOc1ncc(C(=O)OC(C)(C)C)cc1N. The van der Waals surface area contributed by atoms with Crippen LogP contribution in [0, 0.1) is 0 Å². The van der Waals surface area contributed by atoms with Crippen LogP contribution in [0.2, 0.25) is 0 Å². The first kappa shape index (κ1) is 16.2. The molecule has 0 saturated heterocycles. The molecule has 6 nitrogen and oxygen atoms in total. The molecule has 20 heavy (non-hydrogen) atoms. The number of rotatable bonds is 5. The number of carbonyl (C=O) groups is 1. The average Bonchev–Trinajstić information content (AvgIpc) is 2.28. The molecular formula is C14H23N3O3. The summed E-state index contributed by atoms with van der Waals surface area (Å²) in [6.07, 6.45) is 1.41. The molecule has 0 bridgehead atoms. The molecule has 1 aromatic heterocycles. The molecule has 1 heterocycles. The van der Waals surface area contributed by atoms with Crippen LogP contribution in [0.5, 0.6) is 5.88 Å². The number of nitrogens with zero attached hydrogens (tertiary/aromatic N) is 2. The van der Waals surface area contributed by atoms with E-state index < -0.39 is 11.6 Å². The number of hydrogen-bond donors (Lipinski definition) is 1. The van der Waals surface area contributed by atoms with Crippen molar-refractivity contribution in [3.63, 3.8) is 0 Å². The van der Waals surface area contributed by atoms with E-state index >= 15 is 0 Å². The van der Waals surface area contributed by atoms with Crippen LogP contribution in [0.4, 0.5) is 5.69 Å². The molecule has 0 aliphatic heterocycles. The Morgan fingerprint density at radius 3 is 2.55 bits per heavy atom. The fourth-order valence-corrected chi connectivity index (χ4v) is 1.36. The van der Waals surface area contributed by atoms with E-state index in [1.807, 2.05) is 19.0 Å². The van der Waals surface area contributed by atoms with Gasteiger partial charge in [-0.2, -0.15) is 0 Å². The molecule has 0 fully saturated rings. The van der Waals surface area contributed by atoms with Crippen molar-refractivity contribution >= 4 is 11.7 Å². The van der Waals surface area contributed by atoms with E-state index in [-0.39, 0.29) is 0 Å². The number of esters is 1. The Hall–Kier alpha value is -1.82. The van der Waals surface area contributed by atoms with Gasteiger partial charge in [0.1, 0.15) is 12.2 Å². The molecule has 2 N–H and O–H groups in total. The van der Waals surface area contributed by atoms with Gasteiger partial charge < -0.3 is 20.1 Å². The molecule has 6 heteroatoms. The maximum Gasteiger partial charge on any atom is 0.340 e. The van der Waals surface area contributed by atoms with Gasteiger partial charge in [0.2, 0.25) is 5.88 Å². The van der Waals surface area contributed by atoms with Crippen molar-refractivity contribution in [3.8, 4) is 5.88 Å². The molecule has 0 aromatic carbocycles. The molecule has 0 atom stereocenters. The average molecular weight is 281 g/mol. The Morgan fingerprint density at radius 2 is 2.05 bits per heavy atom. The number of ether oxygens (including phenoxy) is 2. The molecule has 1 rings (SSSR count). The smallest absolute Gasteiger partial charge is 0.340 e. The number of hydrogen-bond acceptors (Lipinski definition) is 6. The zero-order valence-corrected chi connectivity index (χ0v) is 12.8. The van der Waals surface area contributed by atoms with Crippen molar-refractivity contribution in [2.24, 2.45) is 0 Å². The quantitative estimate of drug-likeness (QED) is 0.825. The summed E-state index contributed by atoms with van der Waals surface area (Å²) >= 11 is 0. The van der Waals surface area contributed by atoms with Gasteiger partial charge in [0.25, 0.3) is 0 Å². The van der Waals surface area contributed by atoms with Crippen LogP contribution in [0.25, 0.3) is 0 Å². The summed E-state index contributed by atoms with van der Waals surface area (Å²) in [5.41, 5.74) is 5.93. The molecule has 1 aromatic rings. The van der Waals surface area contributed by atoms with Gasteiger partial charge in [-0.15, -0.1) is 0 Å². The second-order valence-electron chi connectivity index (χ2n) is 5.77. The Bertz CT molecular complexity index is 467. The van der Waals surface area contributed by atoms with Crippen LogP contribution in [-0.2, 0) is 4.74 Å². The summed E-state index contributed by atoms with van der Waals surface area (Å²) in [7, 11) is 3.90. The van der Waals surface area contributed by atoms with E-state index in [2.05, 4.69) is 4.98 Å². The second-order valence-corrected chi connectivity index (χ2v) is 5.77. The van der Waals surface area contributed by atoms with Crippen LogP contribution < -0.4 is 10.5 Å². The lowest BCUT2D eigenvalue weighted by Crippen LogP contribution is -2.24. The van der Waals surface area contributed by atoms with Crippen molar-refractivity contribution in [2.75, 3.05) is 33.0 Å². The summed E-state index contributed by atoms with van der Waals surface area (Å²) in [6, 6.07) is 1.52. The largest absolute Gasteiger partial charge is 0.475 e. The Morgan fingerprint density at radius 1 is 1.40 bits per heavy atom. The highest BCUT2D eigenvalue weighted by Crippen LogP contribution is 2.20. The number of aromatic nitrogens is 1. The Kier molecular flexibility index (Phi) is 5.33. The van der Waals surface area contributed by atoms with Crippen LogP contribution >= 0.6 is 0 Å². The number of pyridine rings is 1. The minimum Gasteiger partial charge on any atom is -0.475 e. The first-order valence-electron chi connectivity index (χ1n) is 6.45. The van der Waals surface area contributed by atoms with Crippen LogP contribution in [0.3, 0.4) is 0 Å². The summed E-state index contributed by atoms with van der Waals surface area (Å²) in [4.78, 5) is 17.9. The standard InChI is InChI=1S/C14H23N3O3/c1-14(2,3)20-13(18)10-8-11(15)12(16-9-10)19-7-6-17(4)5/h8-9H,6-7,15H2,1-5H3. The molecule has 112 valence electrons. The third kappa shape index (κ3) is 5.44. The van der Waals surface area contributed by atoms with Crippen molar-refractivity contribution in [1.82, 2.24) is 9.88 Å². The minimum atomic E-state index is -0.549. The first-order valence-corrected chi connectivity index (χ1v) is 6.45. The predicted molar refractivity (Wildman–Crippen MR) is 77.9 cm³/mol. The maximum absolute atomic E-state index is 11.9. The van der Waals surface area contributed by atoms with E-state index in [4.69, 9.17) is 15.2 Å². The van der Waals surface area contributed by atoms with Gasteiger partial charge in [0.15, 0.2) is 0 Å². The third-order valence-electron chi connectivity index (χ3n) is 2.29. The zero-order valence-electron chi connectivity index (χ0n) is 12.8. The van der Waals surface area contributed by atoms with Gasteiger partial charge in [-0.05, 0) is 40.9 Å². The lowest BCUT2D eigenvalue weighted by Gasteiger charge is -2.19. The van der Waals surface area contributed by atoms with Crippen molar-refractivity contribution < 1.29 is 14.3 Å². The van der Waals surface area contributed by atoms with E-state index in [1.165, 1.54) is 12.3 Å². The molecule has 0 amide bonds. The van der Waals surface area contributed by atoms with Gasteiger partial charge in [-0.25, -0.2) is 9.78 Å². The molecule has 0 radical (unpaired) electrons. The van der Waals surface area contributed by atoms with Crippen molar-refractivity contribution in [2.45, 2.75) is 26.4 Å². The summed E-state index contributed by atoms with van der Waals surface area (Å²) in [5, 5.41) is 0. The highest BCUT2D eigenvalue weighted by atomic mass is 16.6. The van der Waals surface area contributed by atoms with Crippen LogP contribution in [0.1, 0.15) is 31.1 Å². The molecule has 0 aliphatic rings. The normalized spacial score (nSPS) is 11.5. The summed E-state index contributed by atoms with van der Waals surface area (Å²) in [5.74, 6) is -0.115. The highest BCUT2D eigenvalue weighted by molar-refractivity contribution is 5.90. The predicted octanol–water partition coefficient (Wildman–Crippen LogP) is 1.56. The van der Waals surface area contributed by atoms with Gasteiger partial charge >= 0.3 is 5.97 Å². The van der Waals surface area contributed by atoms with E-state index in [0.29, 0.717) is 23.7 Å². The van der Waals surface area contributed by atoms with Crippen molar-refractivity contribution in [1.29, 1.82) is 0 Å². The molecular weight excluding hydrogens is 258 g/mol. The fraction of sp³-hybridized carbons (Fsp3) is 0.571. The first-order chi connectivity index (χ1) is 9.19. The zero-order chi connectivity index (χ0) is 15.3. The van der Waals surface area contributed by atoms with E-state index in [9.17, 15) is 4.79 Å². The van der Waals surface area contributed by atoms with Gasteiger partial charge in [0, 0.05) is 12.7 Å². The summed E-state index contributed by atoms with van der Waals surface area (Å²) < 4.78 is 10.7. The number of anilines is 1.